The molecule has 7 nitrogen and oxygen atoms in total. The van der Waals surface area contributed by atoms with E-state index < -0.39 is 36.1 Å². The maximum absolute atomic E-state index is 13.3. The first-order valence-electron chi connectivity index (χ1n) is 10.4. The molecule has 1 aliphatic heterocycles. The summed E-state index contributed by atoms with van der Waals surface area (Å²) in [6, 6.07) is 3.31. The molecule has 32 heavy (non-hydrogen) atoms. The Morgan fingerprint density at radius 1 is 1.00 bits per heavy atom. The minimum absolute atomic E-state index is 0.185. The van der Waals surface area contributed by atoms with Crippen molar-refractivity contribution in [1.29, 1.82) is 0 Å². The number of hydrogen-bond donors (Lipinski definition) is 4. The van der Waals surface area contributed by atoms with E-state index in [9.17, 15) is 29.2 Å². The molecule has 4 N–H and O–H groups in total. The smallest absolute Gasteiger partial charge is 0.126 e. The Morgan fingerprint density at radius 3 is 2.28 bits per heavy atom. The quantitative estimate of drug-likeness (QED) is 0.327. The number of likely N-dealkylation sites (tertiary alicyclic amines) is 1. The minimum Gasteiger partial charge on any atom is -0.389 e. The largest absolute Gasteiger partial charge is 0.389 e. The molecule has 176 valence electrons. The molecule has 0 aliphatic carbocycles. The van der Waals surface area contributed by atoms with E-state index in [2.05, 4.69) is 4.98 Å². The van der Waals surface area contributed by atoms with Gasteiger partial charge < -0.3 is 25.2 Å². The van der Waals surface area contributed by atoms with Crippen molar-refractivity contribution in [2.24, 2.45) is 0 Å². The highest BCUT2D eigenvalue weighted by molar-refractivity contribution is 7.13. The summed E-state index contributed by atoms with van der Waals surface area (Å²) in [7, 11) is 0. The van der Waals surface area contributed by atoms with Gasteiger partial charge in [-0.05, 0) is 25.0 Å². The lowest BCUT2D eigenvalue weighted by Crippen LogP contribution is -2.43. The molecule has 10 heteroatoms. The van der Waals surface area contributed by atoms with Crippen LogP contribution < -0.4 is 0 Å². The second kappa shape index (κ2) is 11.9. The number of aliphatic hydroxyl groups excluding tert-OH is 4. The second-order valence-corrected chi connectivity index (χ2v) is 8.64. The lowest BCUT2D eigenvalue weighted by atomic mass is 10.1. The molecular formula is C22H28F2N2O5S. The van der Waals surface area contributed by atoms with E-state index in [1.54, 1.807) is 10.3 Å². The molecule has 0 unspecified atom stereocenters. The molecule has 0 bridgehead atoms. The summed E-state index contributed by atoms with van der Waals surface area (Å²) in [4.78, 5) is 6.16. The highest BCUT2D eigenvalue weighted by Gasteiger charge is 2.35. The summed E-state index contributed by atoms with van der Waals surface area (Å²) >= 11 is 1.30. The lowest BCUT2D eigenvalue weighted by molar-refractivity contribution is -0.0894. The van der Waals surface area contributed by atoms with Crippen LogP contribution in [0.3, 0.4) is 0 Å². The molecule has 4 atom stereocenters. The Morgan fingerprint density at radius 2 is 1.62 bits per heavy atom. The van der Waals surface area contributed by atoms with Gasteiger partial charge in [0.05, 0.1) is 31.1 Å². The monoisotopic (exact) mass is 470 g/mol. The van der Waals surface area contributed by atoms with Crippen LogP contribution in [0, 0.1) is 11.6 Å². The van der Waals surface area contributed by atoms with Crippen LogP contribution >= 0.6 is 11.3 Å². The number of benzene rings is 1. The van der Waals surface area contributed by atoms with Crippen LogP contribution in [0.25, 0.3) is 10.6 Å². The number of aliphatic hydroxyl groups is 4. The van der Waals surface area contributed by atoms with Crippen molar-refractivity contribution < 1.29 is 33.9 Å². The highest BCUT2D eigenvalue weighted by Crippen LogP contribution is 2.25. The van der Waals surface area contributed by atoms with E-state index >= 15 is 0 Å². The van der Waals surface area contributed by atoms with Crippen LogP contribution in [0.5, 0.6) is 0 Å². The summed E-state index contributed by atoms with van der Waals surface area (Å²) in [6.07, 6.45) is 0.393. The van der Waals surface area contributed by atoms with Crippen molar-refractivity contribution in [1.82, 2.24) is 9.88 Å². The van der Waals surface area contributed by atoms with Gasteiger partial charge in [0.15, 0.2) is 0 Å². The van der Waals surface area contributed by atoms with E-state index in [-0.39, 0.29) is 13.1 Å². The van der Waals surface area contributed by atoms with Crippen molar-refractivity contribution in [3.8, 4) is 10.6 Å². The molecule has 2 aromatic rings. The van der Waals surface area contributed by atoms with Crippen LogP contribution in [-0.4, -0.2) is 81.0 Å². The topological polar surface area (TPSA) is 106 Å². The van der Waals surface area contributed by atoms with Gasteiger partial charge in [0.25, 0.3) is 0 Å². The van der Waals surface area contributed by atoms with E-state index in [1.807, 2.05) is 12.2 Å². The van der Waals surface area contributed by atoms with Crippen LogP contribution in [0.15, 0.2) is 35.7 Å². The summed E-state index contributed by atoms with van der Waals surface area (Å²) in [5.74, 6) is -1.28. The molecule has 1 aliphatic rings. The van der Waals surface area contributed by atoms with Crippen LogP contribution in [-0.2, 0) is 11.3 Å². The summed E-state index contributed by atoms with van der Waals surface area (Å²) < 4.78 is 32.3. The first-order chi connectivity index (χ1) is 15.3. The predicted octanol–water partition coefficient (Wildman–Crippen LogP) is 1.70. The normalized spacial score (nSPS) is 24.8. The Hall–Kier alpha value is -1.79. The first kappa shape index (κ1) is 24.8. The number of aromatic nitrogens is 1. The van der Waals surface area contributed by atoms with Gasteiger partial charge in [-0.15, -0.1) is 11.3 Å². The molecule has 2 heterocycles. The van der Waals surface area contributed by atoms with Crippen LogP contribution in [0.4, 0.5) is 8.78 Å². The van der Waals surface area contributed by atoms with E-state index in [1.165, 1.54) is 23.5 Å². The number of thiazole rings is 1. The molecule has 1 saturated heterocycles. The van der Waals surface area contributed by atoms with Gasteiger partial charge in [-0.3, -0.25) is 4.90 Å². The maximum atomic E-state index is 13.3. The van der Waals surface area contributed by atoms with E-state index in [0.717, 1.165) is 6.07 Å². The van der Waals surface area contributed by atoms with Gasteiger partial charge in [-0.25, -0.2) is 13.8 Å². The molecule has 0 amide bonds. The zero-order valence-electron chi connectivity index (χ0n) is 17.5. The zero-order valence-corrected chi connectivity index (χ0v) is 18.3. The molecule has 0 spiro atoms. The second-order valence-electron chi connectivity index (χ2n) is 7.78. The minimum atomic E-state index is -1.36. The predicted molar refractivity (Wildman–Crippen MR) is 116 cm³/mol. The molecule has 1 aromatic heterocycles. The fourth-order valence-corrected chi connectivity index (χ4v) is 4.25. The molecular weight excluding hydrogens is 442 g/mol. The number of β-amino-alcohol motifs (C(OH)–C–C–N with tert-alkyl or cyclic N) is 2. The average Bonchev–Trinajstić information content (AvgIpc) is 3.19. The lowest BCUT2D eigenvalue weighted by Gasteiger charge is -2.22. The fourth-order valence-electron chi connectivity index (χ4n) is 3.46. The molecule has 3 rings (SSSR count). The highest BCUT2D eigenvalue weighted by atomic mass is 32.1. The Balaban J connectivity index is 1.33. The number of halogens is 2. The first-order valence-corrected chi connectivity index (χ1v) is 11.3. The zero-order chi connectivity index (χ0) is 23.1. The molecule has 1 fully saturated rings. The van der Waals surface area contributed by atoms with Gasteiger partial charge in [0.2, 0.25) is 0 Å². The van der Waals surface area contributed by atoms with E-state index in [4.69, 9.17) is 4.74 Å². The van der Waals surface area contributed by atoms with Crippen LogP contribution in [0.1, 0.15) is 18.5 Å². The number of ether oxygens (including phenoxy) is 1. The van der Waals surface area contributed by atoms with Gasteiger partial charge in [-0.2, -0.15) is 0 Å². The fraction of sp³-hybridized carbons (Fsp3) is 0.500. The summed E-state index contributed by atoms with van der Waals surface area (Å²) in [5.41, 5.74) is 1.09. The van der Waals surface area contributed by atoms with Gasteiger partial charge in [0, 0.05) is 36.6 Å². The van der Waals surface area contributed by atoms with Gasteiger partial charge in [-0.1, -0.05) is 12.2 Å². The Bertz CT molecular complexity index is 861. The van der Waals surface area contributed by atoms with Crippen molar-refractivity contribution in [2.75, 3.05) is 26.2 Å². The van der Waals surface area contributed by atoms with Crippen molar-refractivity contribution >= 4 is 11.3 Å². The molecule has 0 radical (unpaired) electrons. The Kier molecular flexibility index (Phi) is 9.23. The SMILES string of the molecule is O[C@H]1[C@H](O)[C@@H](O)CN(CC/C=C/CCOCc2csc(-c3cc(F)cc(F)c3)n2)C[C@@H]1O. The third kappa shape index (κ3) is 7.11. The average molecular weight is 471 g/mol. The Labute approximate surface area is 189 Å². The number of hydrogen-bond acceptors (Lipinski definition) is 8. The number of nitrogens with zero attached hydrogens (tertiary/aromatic N) is 2. The van der Waals surface area contributed by atoms with Crippen molar-refractivity contribution in [2.45, 2.75) is 43.9 Å². The summed E-state index contributed by atoms with van der Waals surface area (Å²) in [6.45, 7) is 1.73. The van der Waals surface area contributed by atoms with E-state index in [0.29, 0.717) is 48.9 Å². The van der Waals surface area contributed by atoms with Gasteiger partial charge >= 0.3 is 0 Å². The maximum Gasteiger partial charge on any atom is 0.126 e. The van der Waals surface area contributed by atoms with Crippen LogP contribution in [0.2, 0.25) is 0 Å². The number of rotatable bonds is 9. The standard InChI is InChI=1S/C22H28F2N2O5S/c23-15-7-14(8-16(24)9-15)22-25-17(13-32-22)12-31-6-4-2-1-3-5-26-10-18(27)20(29)21(30)19(28)11-26/h1-2,7-9,13,18-21,27-30H,3-6,10-12H2/b2-1+/t18-,19-,20+,21+/m0/s1. The summed E-state index contributed by atoms with van der Waals surface area (Å²) in [5, 5.41) is 41.5. The van der Waals surface area contributed by atoms with Gasteiger partial charge in [0.1, 0.15) is 28.8 Å². The van der Waals surface area contributed by atoms with Crippen molar-refractivity contribution in [3.05, 3.63) is 53.1 Å². The van der Waals surface area contributed by atoms with Crippen molar-refractivity contribution in [3.63, 3.8) is 0 Å². The third-order valence-electron chi connectivity index (χ3n) is 5.15. The third-order valence-corrected chi connectivity index (χ3v) is 6.09. The molecule has 1 aromatic carbocycles. The molecule has 0 saturated carbocycles.